The number of hydrogen-bond acceptors (Lipinski definition) is 4. The first-order valence-electron chi connectivity index (χ1n) is 8.05. The lowest BCUT2D eigenvalue weighted by Gasteiger charge is -2.35. The Labute approximate surface area is 141 Å². The fraction of sp³-hybridized carbons (Fsp3) is 0.500. The standard InChI is InChI=1S/C16H21N3O4S/c20-15(13-6-11-24(22,23)12-13)18-7-9-19(10-8-18)16(21)17-14-4-2-1-3-5-14/h1-5,13H,6-12H2,(H,17,21). The molecule has 7 nitrogen and oxygen atoms in total. The summed E-state index contributed by atoms with van der Waals surface area (Å²) >= 11 is 0. The van der Waals surface area contributed by atoms with Gasteiger partial charge in [-0.2, -0.15) is 0 Å². The van der Waals surface area contributed by atoms with Gasteiger partial charge in [-0.05, 0) is 18.6 Å². The molecule has 3 amide bonds. The monoisotopic (exact) mass is 351 g/mol. The van der Waals surface area contributed by atoms with Crippen LogP contribution < -0.4 is 5.32 Å². The van der Waals surface area contributed by atoms with Crippen LogP contribution in [0.3, 0.4) is 0 Å². The number of nitrogens with zero attached hydrogens (tertiary/aromatic N) is 2. The van der Waals surface area contributed by atoms with Crippen molar-refractivity contribution in [2.75, 3.05) is 43.0 Å². The van der Waals surface area contributed by atoms with E-state index < -0.39 is 15.8 Å². The number of para-hydroxylation sites is 1. The molecule has 2 aliphatic heterocycles. The van der Waals surface area contributed by atoms with Gasteiger partial charge in [0.05, 0.1) is 17.4 Å². The molecular weight excluding hydrogens is 330 g/mol. The molecule has 0 spiro atoms. The number of carbonyl (C=O) groups excluding carboxylic acids is 2. The Hall–Kier alpha value is -2.09. The minimum atomic E-state index is -3.06. The fourth-order valence-electron chi connectivity index (χ4n) is 3.10. The van der Waals surface area contributed by atoms with E-state index in [1.54, 1.807) is 9.80 Å². The van der Waals surface area contributed by atoms with Crippen molar-refractivity contribution < 1.29 is 18.0 Å². The summed E-state index contributed by atoms with van der Waals surface area (Å²) in [6.07, 6.45) is 0.413. The predicted molar refractivity (Wildman–Crippen MR) is 90.4 cm³/mol. The summed E-state index contributed by atoms with van der Waals surface area (Å²) in [6, 6.07) is 9.03. The molecule has 130 valence electrons. The van der Waals surface area contributed by atoms with Crippen molar-refractivity contribution in [2.24, 2.45) is 5.92 Å². The average molecular weight is 351 g/mol. The molecule has 1 atom stereocenters. The molecule has 2 fully saturated rings. The third kappa shape index (κ3) is 3.87. The highest BCUT2D eigenvalue weighted by atomic mass is 32.2. The van der Waals surface area contributed by atoms with Crippen molar-refractivity contribution in [3.05, 3.63) is 30.3 Å². The summed E-state index contributed by atoms with van der Waals surface area (Å²) in [5.74, 6) is -0.456. The summed E-state index contributed by atoms with van der Waals surface area (Å²) in [5.41, 5.74) is 0.733. The maximum absolute atomic E-state index is 12.4. The van der Waals surface area contributed by atoms with Crippen LogP contribution in [0.15, 0.2) is 30.3 Å². The molecule has 2 saturated heterocycles. The van der Waals surface area contributed by atoms with Crippen molar-refractivity contribution in [1.82, 2.24) is 9.80 Å². The third-order valence-electron chi connectivity index (χ3n) is 4.49. The molecule has 1 aromatic carbocycles. The Balaban J connectivity index is 1.50. The molecule has 2 aliphatic rings. The van der Waals surface area contributed by atoms with Gasteiger partial charge in [0.15, 0.2) is 9.84 Å². The number of urea groups is 1. The highest BCUT2D eigenvalue weighted by Crippen LogP contribution is 2.21. The van der Waals surface area contributed by atoms with Crippen LogP contribution in [-0.4, -0.2) is 67.8 Å². The van der Waals surface area contributed by atoms with Crippen LogP contribution in [0, 0.1) is 5.92 Å². The van der Waals surface area contributed by atoms with Gasteiger partial charge in [-0.1, -0.05) is 18.2 Å². The van der Waals surface area contributed by atoms with Crippen LogP contribution in [-0.2, 0) is 14.6 Å². The van der Waals surface area contributed by atoms with Crippen LogP contribution in [0.5, 0.6) is 0 Å². The molecule has 1 aromatic rings. The molecule has 2 heterocycles. The number of sulfone groups is 1. The molecular formula is C16H21N3O4S. The van der Waals surface area contributed by atoms with Gasteiger partial charge < -0.3 is 15.1 Å². The Morgan fingerprint density at radius 3 is 2.21 bits per heavy atom. The van der Waals surface area contributed by atoms with Gasteiger partial charge in [-0.25, -0.2) is 13.2 Å². The van der Waals surface area contributed by atoms with Gasteiger partial charge in [-0.15, -0.1) is 0 Å². The van der Waals surface area contributed by atoms with Crippen molar-refractivity contribution in [3.63, 3.8) is 0 Å². The molecule has 0 radical (unpaired) electrons. The summed E-state index contributed by atoms with van der Waals surface area (Å²) in [4.78, 5) is 28.0. The number of carbonyl (C=O) groups is 2. The zero-order chi connectivity index (χ0) is 17.2. The van der Waals surface area contributed by atoms with E-state index in [1.807, 2.05) is 30.3 Å². The Kier molecular flexibility index (Phi) is 4.75. The minimum Gasteiger partial charge on any atom is -0.339 e. The first kappa shape index (κ1) is 16.8. The molecule has 0 bridgehead atoms. The number of hydrogen-bond donors (Lipinski definition) is 1. The SMILES string of the molecule is O=C(Nc1ccccc1)N1CCN(C(=O)C2CCS(=O)(=O)C2)CC1. The number of amides is 3. The zero-order valence-corrected chi connectivity index (χ0v) is 14.2. The van der Waals surface area contributed by atoms with E-state index >= 15 is 0 Å². The largest absolute Gasteiger partial charge is 0.339 e. The Morgan fingerprint density at radius 1 is 1.00 bits per heavy atom. The number of benzene rings is 1. The quantitative estimate of drug-likeness (QED) is 0.854. The summed E-state index contributed by atoms with van der Waals surface area (Å²) in [5, 5.41) is 2.83. The molecule has 0 aliphatic carbocycles. The van der Waals surface area contributed by atoms with Gasteiger partial charge in [0.25, 0.3) is 0 Å². The molecule has 1 N–H and O–H groups in total. The minimum absolute atomic E-state index is 0.0411. The van der Waals surface area contributed by atoms with Crippen LogP contribution in [0.25, 0.3) is 0 Å². The van der Waals surface area contributed by atoms with E-state index in [-0.39, 0.29) is 23.4 Å². The highest BCUT2D eigenvalue weighted by molar-refractivity contribution is 7.91. The van der Waals surface area contributed by atoms with Crippen molar-refractivity contribution in [1.29, 1.82) is 0 Å². The lowest BCUT2D eigenvalue weighted by Crippen LogP contribution is -2.53. The molecule has 3 rings (SSSR count). The Bertz CT molecular complexity index is 712. The summed E-state index contributed by atoms with van der Waals surface area (Å²) in [7, 11) is -3.06. The van der Waals surface area contributed by atoms with Crippen LogP contribution in [0.4, 0.5) is 10.5 Å². The fourth-order valence-corrected chi connectivity index (χ4v) is 4.83. The van der Waals surface area contributed by atoms with E-state index in [2.05, 4.69) is 5.32 Å². The number of nitrogens with one attached hydrogen (secondary N) is 1. The second kappa shape index (κ2) is 6.80. The number of rotatable bonds is 2. The Morgan fingerprint density at radius 2 is 1.62 bits per heavy atom. The average Bonchev–Trinajstić information content (AvgIpc) is 2.95. The third-order valence-corrected chi connectivity index (χ3v) is 6.25. The number of anilines is 1. The van der Waals surface area contributed by atoms with Crippen LogP contribution in [0.1, 0.15) is 6.42 Å². The molecule has 8 heteroatoms. The van der Waals surface area contributed by atoms with Crippen molar-refractivity contribution in [3.8, 4) is 0 Å². The van der Waals surface area contributed by atoms with Gasteiger partial charge in [0.1, 0.15) is 0 Å². The molecule has 0 saturated carbocycles. The normalized spacial score (nSPS) is 23.1. The second-order valence-electron chi connectivity index (χ2n) is 6.21. The molecule has 0 aromatic heterocycles. The van der Waals surface area contributed by atoms with E-state index in [0.717, 1.165) is 5.69 Å². The lowest BCUT2D eigenvalue weighted by molar-refractivity contribution is -0.136. The van der Waals surface area contributed by atoms with E-state index in [9.17, 15) is 18.0 Å². The van der Waals surface area contributed by atoms with Gasteiger partial charge in [-0.3, -0.25) is 4.79 Å². The van der Waals surface area contributed by atoms with Gasteiger partial charge in [0.2, 0.25) is 5.91 Å². The first-order valence-corrected chi connectivity index (χ1v) is 9.87. The maximum Gasteiger partial charge on any atom is 0.321 e. The van der Waals surface area contributed by atoms with Crippen LogP contribution >= 0.6 is 0 Å². The van der Waals surface area contributed by atoms with Crippen molar-refractivity contribution >= 4 is 27.5 Å². The first-order chi connectivity index (χ1) is 11.4. The predicted octanol–water partition coefficient (Wildman–Crippen LogP) is 0.797. The summed E-state index contributed by atoms with van der Waals surface area (Å²) < 4.78 is 23.0. The van der Waals surface area contributed by atoms with E-state index in [1.165, 1.54) is 0 Å². The van der Waals surface area contributed by atoms with E-state index in [0.29, 0.717) is 32.6 Å². The van der Waals surface area contributed by atoms with Crippen LogP contribution in [0.2, 0.25) is 0 Å². The van der Waals surface area contributed by atoms with E-state index in [4.69, 9.17) is 0 Å². The van der Waals surface area contributed by atoms with Gasteiger partial charge in [0, 0.05) is 31.9 Å². The maximum atomic E-state index is 12.4. The second-order valence-corrected chi connectivity index (χ2v) is 8.44. The smallest absolute Gasteiger partial charge is 0.321 e. The van der Waals surface area contributed by atoms with Crippen molar-refractivity contribution in [2.45, 2.75) is 6.42 Å². The van der Waals surface area contributed by atoms with Gasteiger partial charge >= 0.3 is 6.03 Å². The highest BCUT2D eigenvalue weighted by Gasteiger charge is 2.36. The topological polar surface area (TPSA) is 86.8 Å². The molecule has 24 heavy (non-hydrogen) atoms. The lowest BCUT2D eigenvalue weighted by atomic mass is 10.1. The summed E-state index contributed by atoms with van der Waals surface area (Å²) in [6.45, 7) is 1.78. The number of piperazine rings is 1. The zero-order valence-electron chi connectivity index (χ0n) is 13.3. The molecule has 1 unspecified atom stereocenters.